The van der Waals surface area contributed by atoms with Crippen LogP contribution in [0.5, 0.6) is 0 Å². The molecule has 0 aliphatic rings. The topological polar surface area (TPSA) is 20.2 Å². The molecule has 14 heavy (non-hydrogen) atoms. The van der Waals surface area contributed by atoms with Crippen molar-refractivity contribution in [2.24, 2.45) is 0 Å². The summed E-state index contributed by atoms with van der Waals surface area (Å²) in [5.74, 6) is 0.201. The van der Waals surface area contributed by atoms with Crippen LogP contribution in [0.4, 0.5) is 0 Å². The van der Waals surface area contributed by atoms with Gasteiger partial charge in [0.1, 0.15) is 0 Å². The highest BCUT2D eigenvalue weighted by Gasteiger charge is 2.06. The molecule has 74 valence electrons. The number of benzene rings is 1. The third kappa shape index (κ3) is 3.19. The molecule has 0 amide bonds. The number of hydrogen-bond acceptors (Lipinski definition) is 1. The van der Waals surface area contributed by atoms with Crippen LogP contribution in [0.25, 0.3) is 0 Å². The molecule has 0 radical (unpaired) electrons. The molecule has 0 heterocycles. The Hall–Kier alpha value is -1.34. The highest BCUT2D eigenvalue weighted by Crippen LogP contribution is 2.18. The molecule has 0 aliphatic heterocycles. The largest absolute Gasteiger partial charge is 0.396 e. The number of allylic oxidation sites excluding steroid dienone is 3. The quantitative estimate of drug-likeness (QED) is 0.704. The Kier molecular flexibility index (Phi) is 4.73. The summed E-state index contributed by atoms with van der Waals surface area (Å²) in [6, 6.07) is 10.1. The standard InChI is InChI=1S/C13H16O/c1-2-3-5-10-13(11-14)12-8-6-4-7-9-12/h2-9,13-14H,1,10-11H2/t13-/m1/s1. The summed E-state index contributed by atoms with van der Waals surface area (Å²) in [6.45, 7) is 3.79. The summed E-state index contributed by atoms with van der Waals surface area (Å²) in [6.07, 6.45) is 6.54. The molecule has 1 aromatic rings. The zero-order valence-corrected chi connectivity index (χ0v) is 8.26. The highest BCUT2D eigenvalue weighted by atomic mass is 16.3. The average Bonchev–Trinajstić information content (AvgIpc) is 2.26. The molecular weight excluding hydrogens is 172 g/mol. The van der Waals surface area contributed by atoms with Gasteiger partial charge in [-0.1, -0.05) is 55.1 Å². The predicted octanol–water partition coefficient (Wildman–Crippen LogP) is 2.89. The molecule has 0 saturated carbocycles. The number of aliphatic hydroxyl groups excluding tert-OH is 1. The fourth-order valence-corrected chi connectivity index (χ4v) is 1.38. The van der Waals surface area contributed by atoms with Gasteiger partial charge in [0.25, 0.3) is 0 Å². The Morgan fingerprint density at radius 2 is 2.00 bits per heavy atom. The van der Waals surface area contributed by atoms with Crippen molar-refractivity contribution < 1.29 is 5.11 Å². The van der Waals surface area contributed by atoms with E-state index in [2.05, 4.69) is 6.58 Å². The SMILES string of the molecule is C=CC=CC[C@H](CO)c1ccccc1. The molecule has 1 N–H and O–H groups in total. The molecule has 0 bridgehead atoms. The second-order valence-corrected chi connectivity index (χ2v) is 3.19. The molecule has 0 unspecified atom stereocenters. The third-order valence-electron chi connectivity index (χ3n) is 2.18. The van der Waals surface area contributed by atoms with Crippen molar-refractivity contribution in [3.05, 3.63) is 60.7 Å². The second-order valence-electron chi connectivity index (χ2n) is 3.19. The summed E-state index contributed by atoms with van der Waals surface area (Å²) in [5.41, 5.74) is 1.18. The van der Waals surface area contributed by atoms with Gasteiger partial charge in [0.05, 0.1) is 6.61 Å². The van der Waals surface area contributed by atoms with Crippen LogP contribution in [0.15, 0.2) is 55.1 Å². The lowest BCUT2D eigenvalue weighted by atomic mass is 9.96. The van der Waals surface area contributed by atoms with Gasteiger partial charge >= 0.3 is 0 Å². The molecule has 0 saturated heterocycles. The van der Waals surface area contributed by atoms with Gasteiger partial charge in [-0.2, -0.15) is 0 Å². The summed E-state index contributed by atoms with van der Waals surface area (Å²) in [5, 5.41) is 9.22. The van der Waals surface area contributed by atoms with E-state index in [1.165, 1.54) is 5.56 Å². The van der Waals surface area contributed by atoms with Crippen molar-refractivity contribution in [3.63, 3.8) is 0 Å². The number of rotatable bonds is 5. The van der Waals surface area contributed by atoms with E-state index >= 15 is 0 Å². The van der Waals surface area contributed by atoms with Crippen LogP contribution in [-0.2, 0) is 0 Å². The fourth-order valence-electron chi connectivity index (χ4n) is 1.38. The van der Waals surface area contributed by atoms with E-state index in [4.69, 9.17) is 0 Å². The van der Waals surface area contributed by atoms with E-state index in [0.29, 0.717) is 0 Å². The zero-order valence-electron chi connectivity index (χ0n) is 8.26. The van der Waals surface area contributed by atoms with Gasteiger partial charge < -0.3 is 5.11 Å². The highest BCUT2D eigenvalue weighted by molar-refractivity contribution is 5.20. The lowest BCUT2D eigenvalue weighted by Crippen LogP contribution is -2.02. The van der Waals surface area contributed by atoms with Gasteiger partial charge in [0.15, 0.2) is 0 Å². The maximum Gasteiger partial charge on any atom is 0.0502 e. The lowest BCUT2D eigenvalue weighted by Gasteiger charge is -2.11. The van der Waals surface area contributed by atoms with Gasteiger partial charge in [-0.3, -0.25) is 0 Å². The molecule has 1 heteroatoms. The lowest BCUT2D eigenvalue weighted by molar-refractivity contribution is 0.266. The van der Waals surface area contributed by atoms with E-state index in [-0.39, 0.29) is 12.5 Å². The minimum Gasteiger partial charge on any atom is -0.396 e. The first-order chi connectivity index (χ1) is 6.88. The first-order valence-electron chi connectivity index (χ1n) is 4.82. The van der Waals surface area contributed by atoms with Gasteiger partial charge in [-0.25, -0.2) is 0 Å². The number of hydrogen-bond donors (Lipinski definition) is 1. The van der Waals surface area contributed by atoms with E-state index in [1.807, 2.05) is 42.5 Å². The molecule has 0 aromatic heterocycles. The Morgan fingerprint density at radius 3 is 2.57 bits per heavy atom. The van der Waals surface area contributed by atoms with Gasteiger partial charge in [0.2, 0.25) is 0 Å². The van der Waals surface area contributed by atoms with E-state index in [1.54, 1.807) is 6.08 Å². The smallest absolute Gasteiger partial charge is 0.0502 e. The Balaban J connectivity index is 2.63. The van der Waals surface area contributed by atoms with Crippen LogP contribution >= 0.6 is 0 Å². The maximum absolute atomic E-state index is 9.22. The van der Waals surface area contributed by atoms with Crippen LogP contribution in [0.1, 0.15) is 17.9 Å². The molecule has 1 rings (SSSR count). The van der Waals surface area contributed by atoms with Gasteiger partial charge in [-0.05, 0) is 12.0 Å². The normalized spacial score (nSPS) is 12.9. The third-order valence-corrected chi connectivity index (χ3v) is 2.18. The predicted molar refractivity (Wildman–Crippen MR) is 60.2 cm³/mol. The maximum atomic E-state index is 9.22. The molecule has 1 nitrogen and oxygen atoms in total. The summed E-state index contributed by atoms with van der Waals surface area (Å²) >= 11 is 0. The Bertz CT molecular complexity index is 287. The van der Waals surface area contributed by atoms with Crippen molar-refractivity contribution in [1.82, 2.24) is 0 Å². The molecule has 1 aromatic carbocycles. The van der Waals surface area contributed by atoms with Crippen molar-refractivity contribution >= 4 is 0 Å². The minimum atomic E-state index is 0.186. The van der Waals surface area contributed by atoms with Crippen LogP contribution in [-0.4, -0.2) is 11.7 Å². The monoisotopic (exact) mass is 188 g/mol. The molecule has 0 fully saturated rings. The summed E-state index contributed by atoms with van der Waals surface area (Å²) < 4.78 is 0. The second kappa shape index (κ2) is 6.17. The van der Waals surface area contributed by atoms with Gasteiger partial charge in [0, 0.05) is 5.92 Å². The molecule has 1 atom stereocenters. The van der Waals surface area contributed by atoms with Crippen molar-refractivity contribution in [2.45, 2.75) is 12.3 Å². The van der Waals surface area contributed by atoms with E-state index in [9.17, 15) is 5.11 Å². The molecular formula is C13H16O. The van der Waals surface area contributed by atoms with Crippen LogP contribution in [0.3, 0.4) is 0 Å². The van der Waals surface area contributed by atoms with Crippen LogP contribution < -0.4 is 0 Å². The Labute approximate surface area is 85.4 Å². The summed E-state index contributed by atoms with van der Waals surface area (Å²) in [7, 11) is 0. The molecule has 0 aliphatic carbocycles. The van der Waals surface area contributed by atoms with Crippen LogP contribution in [0, 0.1) is 0 Å². The minimum absolute atomic E-state index is 0.186. The summed E-state index contributed by atoms with van der Waals surface area (Å²) in [4.78, 5) is 0. The van der Waals surface area contributed by atoms with Crippen LogP contribution in [0.2, 0.25) is 0 Å². The zero-order chi connectivity index (χ0) is 10.2. The van der Waals surface area contributed by atoms with Crippen molar-refractivity contribution in [2.75, 3.05) is 6.61 Å². The molecule has 0 spiro atoms. The fraction of sp³-hybridized carbons (Fsp3) is 0.231. The number of aliphatic hydroxyl groups is 1. The first-order valence-corrected chi connectivity index (χ1v) is 4.82. The van der Waals surface area contributed by atoms with E-state index in [0.717, 1.165) is 6.42 Å². The van der Waals surface area contributed by atoms with Gasteiger partial charge in [-0.15, -0.1) is 0 Å². The van der Waals surface area contributed by atoms with E-state index < -0.39 is 0 Å². The average molecular weight is 188 g/mol. The van der Waals surface area contributed by atoms with Crippen molar-refractivity contribution in [1.29, 1.82) is 0 Å². The first kappa shape index (κ1) is 10.7. The van der Waals surface area contributed by atoms with Crippen molar-refractivity contribution in [3.8, 4) is 0 Å². The Morgan fingerprint density at radius 1 is 1.29 bits per heavy atom.